The van der Waals surface area contributed by atoms with Gasteiger partial charge in [0.05, 0.1) is 0 Å². The van der Waals surface area contributed by atoms with Crippen LogP contribution in [-0.2, 0) is 13.1 Å². The van der Waals surface area contributed by atoms with Crippen molar-refractivity contribution in [2.45, 2.75) is 20.0 Å². The second kappa shape index (κ2) is 8.17. The largest absolute Gasteiger partial charge is 0.351 e. The van der Waals surface area contributed by atoms with Crippen molar-refractivity contribution in [2.75, 3.05) is 31.1 Å². The van der Waals surface area contributed by atoms with Crippen LogP contribution < -0.4 is 10.2 Å². The second-order valence-electron chi connectivity index (χ2n) is 7.55. The summed E-state index contributed by atoms with van der Waals surface area (Å²) in [6.07, 6.45) is 1.55. The van der Waals surface area contributed by atoms with E-state index < -0.39 is 0 Å². The quantitative estimate of drug-likeness (QED) is 0.549. The average Bonchev–Trinajstić information content (AvgIpc) is 3.26. The number of hydrogen-bond donors (Lipinski definition) is 1. The first-order valence-corrected chi connectivity index (χ1v) is 10.5. The molecule has 0 unspecified atom stereocenters. The maximum atomic E-state index is 12.8. The molecule has 1 fully saturated rings. The zero-order valence-electron chi connectivity index (χ0n) is 17.4. The predicted octanol–water partition coefficient (Wildman–Crippen LogP) is 2.43. The highest BCUT2D eigenvalue weighted by Gasteiger charge is 2.24. The lowest BCUT2D eigenvalue weighted by molar-refractivity contribution is 0.194. The number of rotatable bonds is 4. The first-order chi connectivity index (χ1) is 15.2. The van der Waals surface area contributed by atoms with E-state index in [1.54, 1.807) is 11.0 Å². The number of nitrogens with one attached hydrogen (secondary N) is 1. The third-order valence-electron chi connectivity index (χ3n) is 5.76. The molecule has 0 aliphatic carbocycles. The molecule has 9 heteroatoms. The van der Waals surface area contributed by atoms with E-state index >= 15 is 0 Å². The summed E-state index contributed by atoms with van der Waals surface area (Å²) in [6, 6.07) is 14.4. The lowest BCUT2D eigenvalue weighted by atomic mass is 10.0. The van der Waals surface area contributed by atoms with Crippen LogP contribution in [0, 0.1) is 0 Å². The van der Waals surface area contributed by atoms with Crippen molar-refractivity contribution in [1.82, 2.24) is 35.2 Å². The van der Waals surface area contributed by atoms with Gasteiger partial charge in [-0.15, -0.1) is 5.10 Å². The third kappa shape index (κ3) is 3.63. The molecule has 2 amide bonds. The van der Waals surface area contributed by atoms with E-state index in [4.69, 9.17) is 0 Å². The molecular weight excluding hydrogens is 392 g/mol. The Hall–Kier alpha value is -3.75. The van der Waals surface area contributed by atoms with Crippen LogP contribution >= 0.6 is 0 Å². The van der Waals surface area contributed by atoms with Gasteiger partial charge < -0.3 is 15.1 Å². The van der Waals surface area contributed by atoms with Crippen molar-refractivity contribution in [3.05, 3.63) is 54.4 Å². The molecule has 0 spiro atoms. The number of hydrogen-bond acceptors (Lipinski definition) is 6. The van der Waals surface area contributed by atoms with Gasteiger partial charge >= 0.3 is 6.03 Å². The van der Waals surface area contributed by atoms with Crippen molar-refractivity contribution in [2.24, 2.45) is 0 Å². The summed E-state index contributed by atoms with van der Waals surface area (Å²) in [5, 5.41) is 13.8. The summed E-state index contributed by atoms with van der Waals surface area (Å²) in [5.41, 5.74) is 2.56. The van der Waals surface area contributed by atoms with Crippen LogP contribution in [-0.4, -0.2) is 62.1 Å². The van der Waals surface area contributed by atoms with Gasteiger partial charge in [-0.25, -0.2) is 19.4 Å². The van der Waals surface area contributed by atoms with Crippen LogP contribution in [0.15, 0.2) is 48.8 Å². The molecular formula is C22H24N8O. The van der Waals surface area contributed by atoms with Crippen LogP contribution in [0.2, 0.25) is 0 Å². The van der Waals surface area contributed by atoms with Crippen LogP contribution in [0.25, 0.3) is 21.9 Å². The first kappa shape index (κ1) is 19.2. The summed E-state index contributed by atoms with van der Waals surface area (Å²) in [4.78, 5) is 25.5. The van der Waals surface area contributed by atoms with Crippen molar-refractivity contribution in [1.29, 1.82) is 0 Å². The van der Waals surface area contributed by atoms with Gasteiger partial charge in [-0.3, -0.25) is 0 Å². The summed E-state index contributed by atoms with van der Waals surface area (Å²) in [7, 11) is 0. The highest BCUT2D eigenvalue weighted by atomic mass is 16.2. The predicted molar refractivity (Wildman–Crippen MR) is 119 cm³/mol. The molecule has 0 saturated carbocycles. The van der Waals surface area contributed by atoms with Crippen molar-refractivity contribution in [3.8, 4) is 0 Å². The van der Waals surface area contributed by atoms with Crippen LogP contribution in [0.3, 0.4) is 0 Å². The first-order valence-electron chi connectivity index (χ1n) is 10.5. The summed E-state index contributed by atoms with van der Waals surface area (Å²) < 4.78 is 1.76. The minimum absolute atomic E-state index is 0.0441. The van der Waals surface area contributed by atoms with Gasteiger partial charge in [0.1, 0.15) is 6.33 Å². The number of aromatic nitrogens is 5. The van der Waals surface area contributed by atoms with Gasteiger partial charge in [-0.05, 0) is 23.3 Å². The van der Waals surface area contributed by atoms with Gasteiger partial charge in [-0.2, -0.15) is 0 Å². The molecule has 2 aromatic heterocycles. The zero-order valence-corrected chi connectivity index (χ0v) is 17.4. The zero-order chi connectivity index (χ0) is 21.2. The maximum Gasteiger partial charge on any atom is 0.317 e. The van der Waals surface area contributed by atoms with E-state index in [2.05, 4.69) is 54.8 Å². The number of amides is 2. The van der Waals surface area contributed by atoms with E-state index in [0.717, 1.165) is 17.0 Å². The molecule has 4 aromatic rings. The highest BCUT2D eigenvalue weighted by molar-refractivity contribution is 5.86. The molecule has 0 radical (unpaired) electrons. The third-order valence-corrected chi connectivity index (χ3v) is 5.76. The smallest absolute Gasteiger partial charge is 0.317 e. The van der Waals surface area contributed by atoms with Crippen molar-refractivity contribution >= 4 is 33.8 Å². The number of carbonyl (C=O) groups excluding carboxylic acids is 1. The molecule has 1 aliphatic heterocycles. The van der Waals surface area contributed by atoms with E-state index in [0.29, 0.717) is 44.8 Å². The Morgan fingerprint density at radius 3 is 2.68 bits per heavy atom. The molecule has 1 saturated heterocycles. The topological polar surface area (TPSA) is 92.1 Å². The number of anilines is 1. The molecule has 3 heterocycles. The van der Waals surface area contributed by atoms with Crippen LogP contribution in [0.4, 0.5) is 10.6 Å². The Kier molecular flexibility index (Phi) is 5.07. The summed E-state index contributed by atoms with van der Waals surface area (Å²) >= 11 is 0. The monoisotopic (exact) mass is 416 g/mol. The van der Waals surface area contributed by atoms with Crippen LogP contribution in [0.5, 0.6) is 0 Å². The lowest BCUT2D eigenvalue weighted by Crippen LogP contribution is -2.52. The van der Waals surface area contributed by atoms with Gasteiger partial charge in [0.25, 0.3) is 0 Å². The van der Waals surface area contributed by atoms with Gasteiger partial charge in [0.2, 0.25) is 0 Å². The second-order valence-corrected chi connectivity index (χ2v) is 7.55. The number of fused-ring (bicyclic) bond motifs is 2. The molecule has 31 heavy (non-hydrogen) atoms. The number of carbonyl (C=O) groups is 1. The fraction of sp³-hybridized carbons (Fsp3) is 0.318. The average molecular weight is 416 g/mol. The fourth-order valence-corrected chi connectivity index (χ4v) is 4.07. The Labute approximate surface area is 179 Å². The van der Waals surface area contributed by atoms with Crippen molar-refractivity contribution in [3.63, 3.8) is 0 Å². The van der Waals surface area contributed by atoms with Gasteiger partial charge in [-0.1, -0.05) is 47.7 Å². The molecule has 9 nitrogen and oxygen atoms in total. The molecule has 158 valence electrons. The van der Waals surface area contributed by atoms with E-state index in [-0.39, 0.29) is 6.03 Å². The molecule has 0 atom stereocenters. The summed E-state index contributed by atoms with van der Waals surface area (Å²) in [6.45, 7) is 5.83. The minimum Gasteiger partial charge on any atom is -0.351 e. The molecule has 1 N–H and O–H groups in total. The van der Waals surface area contributed by atoms with E-state index in [1.165, 1.54) is 10.8 Å². The number of nitrogens with zero attached hydrogens (tertiary/aromatic N) is 7. The Bertz CT molecular complexity index is 1220. The normalized spacial score (nSPS) is 14.4. The molecule has 5 rings (SSSR count). The molecule has 1 aliphatic rings. The van der Waals surface area contributed by atoms with Crippen LogP contribution in [0.1, 0.15) is 12.5 Å². The van der Waals surface area contributed by atoms with Gasteiger partial charge in [0.15, 0.2) is 17.0 Å². The Morgan fingerprint density at radius 1 is 1.03 bits per heavy atom. The maximum absolute atomic E-state index is 12.8. The number of urea groups is 1. The highest BCUT2D eigenvalue weighted by Crippen LogP contribution is 2.22. The Morgan fingerprint density at radius 2 is 1.84 bits per heavy atom. The number of piperazine rings is 1. The van der Waals surface area contributed by atoms with Gasteiger partial charge in [0, 0.05) is 39.3 Å². The number of aryl methyl sites for hydroxylation is 1. The summed E-state index contributed by atoms with van der Waals surface area (Å²) in [5.74, 6) is 0.778. The Balaban J connectivity index is 1.23. The van der Waals surface area contributed by atoms with Crippen molar-refractivity contribution < 1.29 is 4.79 Å². The SMILES string of the molecule is CCn1nnc2c(N3CCN(C(=O)NCc4cccc5ccccc45)CC3)ncnc21. The standard InChI is InChI=1S/C22H24N8O/c1-2-30-21-19(26-27-30)20(24-15-25-21)28-10-12-29(13-11-28)22(31)23-14-17-8-5-7-16-6-3-4-9-18(16)17/h3-9,15H,2,10-14H2,1H3,(H,23,31). The van der Waals surface area contributed by atoms with E-state index in [1.807, 2.05) is 30.0 Å². The minimum atomic E-state index is -0.0441. The molecule has 0 bridgehead atoms. The number of benzene rings is 2. The lowest BCUT2D eigenvalue weighted by Gasteiger charge is -2.35. The molecule has 2 aromatic carbocycles. The fourth-order valence-electron chi connectivity index (χ4n) is 4.07. The van der Waals surface area contributed by atoms with E-state index in [9.17, 15) is 4.79 Å².